The quantitative estimate of drug-likeness (QED) is 0.684. The largest absolute Gasteiger partial charge is 0.480 e. The average molecular weight is 304 g/mol. The standard InChI is InChI=1S/C13H24N2O4S/c1-3-10-4-6-13(7-5-10,11(16)17)15-12(18)14-8-9-20(2)19/h10H,3-9H2,1-2H3,(H,16,17)(H2,14,15,18). The maximum atomic E-state index is 11.8. The van der Waals surface area contributed by atoms with Gasteiger partial charge in [-0.3, -0.25) is 4.21 Å². The van der Waals surface area contributed by atoms with Crippen LogP contribution in [0.1, 0.15) is 39.0 Å². The van der Waals surface area contributed by atoms with Crippen LogP contribution in [0.2, 0.25) is 0 Å². The molecule has 0 aromatic rings. The molecule has 0 bridgehead atoms. The summed E-state index contributed by atoms with van der Waals surface area (Å²) in [7, 11) is -0.973. The van der Waals surface area contributed by atoms with E-state index in [-0.39, 0.29) is 6.54 Å². The molecular formula is C13H24N2O4S. The third-order valence-corrected chi connectivity index (χ3v) is 4.75. The fourth-order valence-electron chi connectivity index (χ4n) is 2.54. The van der Waals surface area contributed by atoms with Gasteiger partial charge in [-0.25, -0.2) is 9.59 Å². The van der Waals surface area contributed by atoms with Crippen LogP contribution in [-0.4, -0.2) is 45.4 Å². The maximum absolute atomic E-state index is 11.8. The van der Waals surface area contributed by atoms with Crippen LogP contribution in [0.4, 0.5) is 4.79 Å². The molecule has 1 unspecified atom stereocenters. The van der Waals surface area contributed by atoms with E-state index in [2.05, 4.69) is 17.6 Å². The van der Waals surface area contributed by atoms with E-state index >= 15 is 0 Å². The molecule has 0 spiro atoms. The lowest BCUT2D eigenvalue weighted by atomic mass is 9.75. The summed E-state index contributed by atoms with van der Waals surface area (Å²) in [6.07, 6.45) is 5.18. The molecule has 1 aliphatic carbocycles. The molecule has 1 rings (SSSR count). The molecule has 7 heteroatoms. The number of hydrogen-bond acceptors (Lipinski definition) is 3. The lowest BCUT2D eigenvalue weighted by molar-refractivity contribution is -0.146. The summed E-state index contributed by atoms with van der Waals surface area (Å²) in [6.45, 7) is 2.38. The van der Waals surface area contributed by atoms with Crippen molar-refractivity contribution in [1.29, 1.82) is 0 Å². The maximum Gasteiger partial charge on any atom is 0.329 e. The summed E-state index contributed by atoms with van der Waals surface area (Å²) in [6, 6.07) is -0.493. The molecule has 0 aromatic heterocycles. The number of carbonyl (C=O) groups is 2. The molecule has 0 aliphatic heterocycles. The molecule has 3 N–H and O–H groups in total. The molecule has 1 aliphatic rings. The fourth-order valence-corrected chi connectivity index (χ4v) is 2.93. The Hall–Kier alpha value is -1.11. The Morgan fingerprint density at radius 3 is 2.40 bits per heavy atom. The van der Waals surface area contributed by atoms with Crippen LogP contribution < -0.4 is 10.6 Å². The van der Waals surface area contributed by atoms with Gasteiger partial charge in [0.2, 0.25) is 0 Å². The fraction of sp³-hybridized carbons (Fsp3) is 0.846. The lowest BCUT2D eigenvalue weighted by Crippen LogP contribution is -2.58. The second-order valence-electron chi connectivity index (χ2n) is 5.40. The zero-order valence-electron chi connectivity index (χ0n) is 12.1. The van der Waals surface area contributed by atoms with Crippen LogP contribution in [0.25, 0.3) is 0 Å². The number of hydrogen-bond donors (Lipinski definition) is 3. The summed E-state index contributed by atoms with van der Waals surface area (Å²) >= 11 is 0. The van der Waals surface area contributed by atoms with E-state index in [4.69, 9.17) is 0 Å². The minimum absolute atomic E-state index is 0.280. The Labute approximate surface area is 122 Å². The Kier molecular flexibility index (Phi) is 6.45. The summed E-state index contributed by atoms with van der Waals surface area (Å²) in [4.78, 5) is 23.3. The number of amides is 2. The highest BCUT2D eigenvalue weighted by molar-refractivity contribution is 7.84. The molecule has 116 valence electrons. The van der Waals surface area contributed by atoms with E-state index in [0.717, 1.165) is 19.3 Å². The van der Waals surface area contributed by atoms with E-state index < -0.39 is 28.3 Å². The van der Waals surface area contributed by atoms with Crippen LogP contribution in [0.3, 0.4) is 0 Å². The monoisotopic (exact) mass is 304 g/mol. The Balaban J connectivity index is 2.53. The Bertz CT molecular complexity index is 379. The Morgan fingerprint density at radius 2 is 1.95 bits per heavy atom. The number of aliphatic carboxylic acids is 1. The van der Waals surface area contributed by atoms with Crippen LogP contribution in [-0.2, 0) is 15.6 Å². The smallest absolute Gasteiger partial charge is 0.329 e. The minimum Gasteiger partial charge on any atom is -0.480 e. The number of rotatable bonds is 6. The van der Waals surface area contributed by atoms with Gasteiger partial charge in [-0.2, -0.15) is 0 Å². The van der Waals surface area contributed by atoms with Gasteiger partial charge in [-0.15, -0.1) is 0 Å². The second-order valence-corrected chi connectivity index (χ2v) is 6.95. The molecule has 0 aromatic carbocycles. The zero-order chi connectivity index (χ0) is 15.2. The van der Waals surface area contributed by atoms with Crippen molar-refractivity contribution in [3.05, 3.63) is 0 Å². The van der Waals surface area contributed by atoms with Gasteiger partial charge in [0.25, 0.3) is 0 Å². The highest BCUT2D eigenvalue weighted by Gasteiger charge is 2.42. The topological polar surface area (TPSA) is 95.5 Å². The van der Waals surface area contributed by atoms with Crippen molar-refractivity contribution in [2.75, 3.05) is 18.6 Å². The normalized spacial score (nSPS) is 27.6. The number of carboxylic acids is 1. The zero-order valence-corrected chi connectivity index (χ0v) is 12.9. The predicted octanol–water partition coefficient (Wildman–Crippen LogP) is 1.09. The van der Waals surface area contributed by atoms with Crippen molar-refractivity contribution in [2.45, 2.75) is 44.6 Å². The molecule has 0 saturated heterocycles. The number of urea groups is 1. The van der Waals surface area contributed by atoms with E-state index in [1.807, 2.05) is 0 Å². The van der Waals surface area contributed by atoms with Gasteiger partial charge in [0, 0.05) is 29.4 Å². The third kappa shape index (κ3) is 4.77. The first-order valence-electron chi connectivity index (χ1n) is 6.99. The van der Waals surface area contributed by atoms with Crippen molar-refractivity contribution in [3.8, 4) is 0 Å². The van der Waals surface area contributed by atoms with Crippen molar-refractivity contribution < 1.29 is 18.9 Å². The summed E-state index contributed by atoms with van der Waals surface area (Å²) in [5, 5.41) is 14.6. The van der Waals surface area contributed by atoms with Gasteiger partial charge < -0.3 is 15.7 Å². The van der Waals surface area contributed by atoms with Gasteiger partial charge >= 0.3 is 12.0 Å². The predicted molar refractivity (Wildman–Crippen MR) is 78.1 cm³/mol. The number of nitrogens with one attached hydrogen (secondary N) is 2. The molecule has 0 radical (unpaired) electrons. The highest BCUT2D eigenvalue weighted by atomic mass is 32.2. The van der Waals surface area contributed by atoms with Crippen molar-refractivity contribution in [3.63, 3.8) is 0 Å². The molecule has 1 atom stereocenters. The first-order valence-corrected chi connectivity index (χ1v) is 8.72. The van der Waals surface area contributed by atoms with Crippen LogP contribution in [0.15, 0.2) is 0 Å². The van der Waals surface area contributed by atoms with Gasteiger partial charge in [0.1, 0.15) is 5.54 Å². The number of carbonyl (C=O) groups excluding carboxylic acids is 1. The van der Waals surface area contributed by atoms with Gasteiger partial charge in [0.15, 0.2) is 0 Å². The molecular weight excluding hydrogens is 280 g/mol. The van der Waals surface area contributed by atoms with E-state index in [9.17, 15) is 18.9 Å². The summed E-state index contributed by atoms with van der Waals surface area (Å²) in [5.41, 5.74) is -1.15. The van der Waals surface area contributed by atoms with Gasteiger partial charge in [0.05, 0.1) is 0 Å². The van der Waals surface area contributed by atoms with E-state index in [0.29, 0.717) is 24.5 Å². The molecule has 6 nitrogen and oxygen atoms in total. The first kappa shape index (κ1) is 16.9. The SMILES string of the molecule is CCC1CCC(NC(=O)NCCS(C)=O)(C(=O)O)CC1. The summed E-state index contributed by atoms with van der Waals surface area (Å²) < 4.78 is 10.9. The van der Waals surface area contributed by atoms with Gasteiger partial charge in [-0.05, 0) is 31.6 Å². The minimum atomic E-state index is -1.15. The third-order valence-electron chi connectivity index (χ3n) is 3.97. The Morgan fingerprint density at radius 1 is 1.35 bits per heavy atom. The molecule has 1 fully saturated rings. The molecule has 20 heavy (non-hydrogen) atoms. The van der Waals surface area contributed by atoms with Crippen LogP contribution in [0.5, 0.6) is 0 Å². The van der Waals surface area contributed by atoms with Crippen molar-refractivity contribution in [2.24, 2.45) is 5.92 Å². The van der Waals surface area contributed by atoms with Crippen LogP contribution in [0, 0.1) is 5.92 Å². The van der Waals surface area contributed by atoms with Gasteiger partial charge in [-0.1, -0.05) is 13.3 Å². The average Bonchev–Trinajstić information content (AvgIpc) is 2.38. The van der Waals surface area contributed by atoms with E-state index in [1.54, 1.807) is 6.26 Å². The van der Waals surface area contributed by atoms with Crippen molar-refractivity contribution in [1.82, 2.24) is 10.6 Å². The highest BCUT2D eigenvalue weighted by Crippen LogP contribution is 2.33. The molecule has 1 saturated carbocycles. The first-order chi connectivity index (χ1) is 9.39. The number of carboxylic acid groups (broad SMARTS) is 1. The lowest BCUT2D eigenvalue weighted by Gasteiger charge is -2.37. The van der Waals surface area contributed by atoms with Crippen molar-refractivity contribution >= 4 is 22.8 Å². The molecule has 2 amide bonds. The van der Waals surface area contributed by atoms with E-state index in [1.165, 1.54) is 0 Å². The summed E-state index contributed by atoms with van der Waals surface area (Å²) in [5.74, 6) is -0.0538. The molecule has 0 heterocycles. The second kappa shape index (κ2) is 7.61. The van der Waals surface area contributed by atoms with Crippen LogP contribution >= 0.6 is 0 Å².